The zero-order valence-electron chi connectivity index (χ0n) is 6.76. The normalized spacial score (nSPS) is 25.3. The van der Waals surface area contributed by atoms with Gasteiger partial charge in [-0.05, 0) is 25.8 Å². The highest BCUT2D eigenvalue weighted by molar-refractivity contribution is 5.94. The minimum Gasteiger partial charge on any atom is -0.262 e. The second kappa shape index (κ2) is 2.82. The minimum absolute atomic E-state index is 0.543. The van der Waals surface area contributed by atoms with Gasteiger partial charge in [0.1, 0.15) is 0 Å². The third kappa shape index (κ3) is 1.56. The topological polar surface area (TPSA) is 12.4 Å². The smallest absolute Gasteiger partial charge is 0.0372 e. The highest BCUT2D eigenvalue weighted by atomic mass is 14.7. The summed E-state index contributed by atoms with van der Waals surface area (Å²) < 4.78 is 0. The first kappa shape index (κ1) is 7.26. The molecular weight excluding hydrogens is 122 g/mol. The third-order valence-corrected chi connectivity index (χ3v) is 1.81. The first-order valence-electron chi connectivity index (χ1n) is 3.59. The number of aliphatic imine (C=N–C) groups is 1. The van der Waals surface area contributed by atoms with Crippen molar-refractivity contribution in [2.75, 3.05) is 0 Å². The molecule has 1 rings (SSSR count). The van der Waals surface area contributed by atoms with E-state index in [9.17, 15) is 0 Å². The third-order valence-electron chi connectivity index (χ3n) is 1.81. The quantitative estimate of drug-likeness (QED) is 0.484. The summed E-state index contributed by atoms with van der Waals surface area (Å²) in [5.41, 5.74) is 2.48. The predicted molar refractivity (Wildman–Crippen MR) is 45.2 cm³/mol. The summed E-state index contributed by atoms with van der Waals surface area (Å²) >= 11 is 0. The fourth-order valence-electron chi connectivity index (χ4n) is 0.940. The zero-order valence-corrected chi connectivity index (χ0v) is 6.76. The molecule has 0 fully saturated rings. The van der Waals surface area contributed by atoms with Gasteiger partial charge in [0, 0.05) is 11.9 Å². The summed E-state index contributed by atoms with van der Waals surface area (Å²) in [6, 6.07) is 0. The van der Waals surface area contributed by atoms with E-state index < -0.39 is 0 Å². The monoisotopic (exact) mass is 135 g/mol. The molecule has 0 aromatic carbocycles. The molecule has 0 saturated heterocycles. The van der Waals surface area contributed by atoms with Gasteiger partial charge in [-0.3, -0.25) is 4.99 Å². The highest BCUT2D eigenvalue weighted by Gasteiger charge is 2.01. The van der Waals surface area contributed by atoms with Gasteiger partial charge < -0.3 is 0 Å². The summed E-state index contributed by atoms with van der Waals surface area (Å²) in [6.07, 6.45) is 6.12. The van der Waals surface area contributed by atoms with Crippen LogP contribution < -0.4 is 0 Å². The van der Waals surface area contributed by atoms with Gasteiger partial charge in [0.25, 0.3) is 0 Å². The number of nitrogens with zero attached hydrogens (tertiary/aromatic N) is 1. The molecule has 0 aromatic heterocycles. The average Bonchev–Trinajstić information content (AvgIpc) is 1.96. The van der Waals surface area contributed by atoms with Crippen LogP contribution in [0.2, 0.25) is 0 Å². The summed E-state index contributed by atoms with van der Waals surface area (Å²) in [5.74, 6) is 0.543. The maximum Gasteiger partial charge on any atom is 0.0372 e. The molecule has 0 aliphatic carbocycles. The van der Waals surface area contributed by atoms with E-state index in [-0.39, 0.29) is 0 Å². The maximum absolute atomic E-state index is 4.18. The van der Waals surface area contributed by atoms with E-state index in [2.05, 4.69) is 31.0 Å². The Bertz CT molecular complexity index is 209. The largest absolute Gasteiger partial charge is 0.262 e. The summed E-state index contributed by atoms with van der Waals surface area (Å²) in [6.45, 7) is 6.34. The lowest BCUT2D eigenvalue weighted by molar-refractivity contribution is 0.865. The van der Waals surface area contributed by atoms with Crippen molar-refractivity contribution in [3.05, 3.63) is 23.9 Å². The number of allylic oxidation sites excluding steroid dienone is 3. The van der Waals surface area contributed by atoms with E-state index in [1.54, 1.807) is 0 Å². The fourth-order valence-corrected chi connectivity index (χ4v) is 0.940. The summed E-state index contributed by atoms with van der Waals surface area (Å²) in [7, 11) is 0. The van der Waals surface area contributed by atoms with E-state index in [1.807, 2.05) is 13.1 Å². The Morgan fingerprint density at radius 1 is 1.40 bits per heavy atom. The Balaban J connectivity index is 2.90. The molecule has 0 saturated carbocycles. The predicted octanol–water partition coefficient (Wildman–Crippen LogP) is 2.56. The zero-order chi connectivity index (χ0) is 7.56. The molecule has 1 heteroatoms. The molecule has 1 aliphatic heterocycles. The number of hydrogen-bond donors (Lipinski definition) is 0. The Hall–Kier alpha value is -0.850. The molecule has 0 spiro atoms. The molecule has 0 aromatic rings. The van der Waals surface area contributed by atoms with Crippen molar-refractivity contribution < 1.29 is 0 Å². The molecule has 10 heavy (non-hydrogen) atoms. The van der Waals surface area contributed by atoms with Crippen LogP contribution in [0.1, 0.15) is 20.8 Å². The molecule has 54 valence electrons. The first-order chi connectivity index (χ1) is 4.70. The van der Waals surface area contributed by atoms with Gasteiger partial charge in [0.15, 0.2) is 0 Å². The fraction of sp³-hybridized carbons (Fsp3) is 0.444. The second-order valence-electron chi connectivity index (χ2n) is 2.79. The lowest BCUT2D eigenvalue weighted by Crippen LogP contribution is -1.91. The molecule has 1 heterocycles. The van der Waals surface area contributed by atoms with E-state index in [4.69, 9.17) is 0 Å². The number of hydrogen-bond acceptors (Lipinski definition) is 1. The van der Waals surface area contributed by atoms with E-state index >= 15 is 0 Å². The molecule has 1 nitrogen and oxygen atoms in total. The molecule has 0 amide bonds. The van der Waals surface area contributed by atoms with Crippen LogP contribution >= 0.6 is 0 Å². The van der Waals surface area contributed by atoms with Crippen LogP contribution in [0, 0.1) is 5.92 Å². The Labute approximate surface area is 62.2 Å². The van der Waals surface area contributed by atoms with Crippen molar-refractivity contribution in [2.45, 2.75) is 20.8 Å². The average molecular weight is 135 g/mol. The standard InChI is InChI=1S/C9H13N/c1-7-4-5-10-9(3)6-8(7)2/h4-7H,1-3H3. The SMILES string of the molecule is CC1=CC(C)=NC=CC1C. The lowest BCUT2D eigenvalue weighted by atomic mass is 10.0. The lowest BCUT2D eigenvalue weighted by Gasteiger charge is -2.02. The van der Waals surface area contributed by atoms with Crippen LogP contribution in [0.4, 0.5) is 0 Å². The van der Waals surface area contributed by atoms with Crippen molar-refractivity contribution in [3.63, 3.8) is 0 Å². The van der Waals surface area contributed by atoms with Crippen molar-refractivity contribution in [1.29, 1.82) is 0 Å². The molecule has 1 unspecified atom stereocenters. The van der Waals surface area contributed by atoms with Crippen LogP contribution in [0.5, 0.6) is 0 Å². The van der Waals surface area contributed by atoms with E-state index in [1.165, 1.54) is 5.57 Å². The van der Waals surface area contributed by atoms with Crippen LogP contribution in [0.3, 0.4) is 0 Å². The first-order valence-corrected chi connectivity index (χ1v) is 3.59. The van der Waals surface area contributed by atoms with Crippen molar-refractivity contribution in [2.24, 2.45) is 10.9 Å². The van der Waals surface area contributed by atoms with Gasteiger partial charge in [-0.25, -0.2) is 0 Å². The van der Waals surface area contributed by atoms with Crippen molar-refractivity contribution in [1.82, 2.24) is 0 Å². The summed E-state index contributed by atoms with van der Waals surface area (Å²) in [5, 5.41) is 0. The van der Waals surface area contributed by atoms with Gasteiger partial charge in [-0.15, -0.1) is 0 Å². The van der Waals surface area contributed by atoms with Crippen molar-refractivity contribution in [3.8, 4) is 0 Å². The Kier molecular flexibility index (Phi) is 2.05. The summed E-state index contributed by atoms with van der Waals surface area (Å²) in [4.78, 5) is 4.18. The van der Waals surface area contributed by atoms with Gasteiger partial charge in [-0.1, -0.05) is 18.6 Å². The van der Waals surface area contributed by atoms with Crippen LogP contribution in [0.15, 0.2) is 28.9 Å². The Morgan fingerprint density at radius 2 is 2.10 bits per heavy atom. The van der Waals surface area contributed by atoms with Gasteiger partial charge in [-0.2, -0.15) is 0 Å². The van der Waals surface area contributed by atoms with Gasteiger partial charge in [0.2, 0.25) is 0 Å². The number of rotatable bonds is 0. The molecule has 1 atom stereocenters. The maximum atomic E-state index is 4.18. The molecule has 0 bridgehead atoms. The van der Waals surface area contributed by atoms with Gasteiger partial charge >= 0.3 is 0 Å². The van der Waals surface area contributed by atoms with E-state index in [0.717, 1.165) is 5.71 Å². The molecule has 0 N–H and O–H groups in total. The van der Waals surface area contributed by atoms with Crippen molar-refractivity contribution >= 4 is 5.71 Å². The minimum atomic E-state index is 0.543. The van der Waals surface area contributed by atoms with Crippen LogP contribution in [-0.2, 0) is 0 Å². The second-order valence-corrected chi connectivity index (χ2v) is 2.79. The molecule has 0 radical (unpaired) electrons. The van der Waals surface area contributed by atoms with E-state index in [0.29, 0.717) is 5.92 Å². The Morgan fingerprint density at radius 3 is 2.80 bits per heavy atom. The molecule has 1 aliphatic rings. The highest BCUT2D eigenvalue weighted by Crippen LogP contribution is 2.13. The van der Waals surface area contributed by atoms with Gasteiger partial charge in [0.05, 0.1) is 0 Å². The molecular formula is C9H13N. The van der Waals surface area contributed by atoms with Crippen LogP contribution in [-0.4, -0.2) is 5.71 Å². The van der Waals surface area contributed by atoms with Crippen LogP contribution in [0.25, 0.3) is 0 Å².